The van der Waals surface area contributed by atoms with Crippen LogP contribution in [-0.2, 0) is 11.3 Å². The first-order chi connectivity index (χ1) is 14.4. The van der Waals surface area contributed by atoms with Crippen LogP contribution in [0.15, 0.2) is 29.3 Å². The second-order valence-electron chi connectivity index (χ2n) is 8.28. The number of fused-ring (bicyclic) bond motifs is 1. The van der Waals surface area contributed by atoms with Crippen molar-refractivity contribution >= 4 is 23.6 Å². The van der Waals surface area contributed by atoms with E-state index in [0.29, 0.717) is 24.0 Å². The van der Waals surface area contributed by atoms with Gasteiger partial charge < -0.3 is 0 Å². The molecule has 2 unspecified atom stereocenters. The lowest BCUT2D eigenvalue weighted by Crippen LogP contribution is -2.61. The first kappa shape index (κ1) is 20.7. The van der Waals surface area contributed by atoms with Gasteiger partial charge in [0.15, 0.2) is 0 Å². The molecule has 30 heavy (non-hydrogen) atoms. The summed E-state index contributed by atoms with van der Waals surface area (Å²) in [7, 11) is 3.12. The molecule has 0 aliphatic carbocycles. The summed E-state index contributed by atoms with van der Waals surface area (Å²) in [5.41, 5.74) is 0.507. The van der Waals surface area contributed by atoms with Crippen LogP contribution < -0.4 is 0 Å². The predicted molar refractivity (Wildman–Crippen MR) is 112 cm³/mol. The average molecular weight is 415 g/mol. The van der Waals surface area contributed by atoms with Crippen molar-refractivity contribution in [2.45, 2.75) is 51.2 Å². The number of benzene rings is 1. The van der Waals surface area contributed by atoms with E-state index in [9.17, 15) is 14.0 Å². The Labute approximate surface area is 176 Å². The fraction of sp³-hybridized carbons (Fsp3) is 0.545. The molecule has 1 aromatic rings. The standard InChI is InChI=1S/C22H29FN5O2/c1-4-16-10-7-8-12-27(16)14-18-24-20-19(21(29)26(3)22(30)25(20)2)28(18)13-15-9-5-6-11-17(15)23/h5-6,9,11,16,19H,4,7-8,10,12-14H2,1-3H3/q+1. The minimum atomic E-state index is -0.711. The summed E-state index contributed by atoms with van der Waals surface area (Å²) in [6.45, 7) is 3.99. The molecule has 2 atom stereocenters. The SMILES string of the molecule is CCC1CCCCN1CC1=[N+](Cc2ccccc2F)C2C(=O)N(C)C(=O)N(C)C2=N1. The number of rotatable bonds is 5. The third-order valence-electron chi connectivity index (χ3n) is 6.48. The zero-order valence-electron chi connectivity index (χ0n) is 17.8. The maximum atomic E-state index is 14.4. The zero-order chi connectivity index (χ0) is 21.4. The predicted octanol–water partition coefficient (Wildman–Crippen LogP) is 2.31. The molecule has 0 spiro atoms. The molecular weight excluding hydrogens is 385 g/mol. The van der Waals surface area contributed by atoms with Crippen LogP contribution in [-0.4, -0.2) is 82.2 Å². The minimum Gasteiger partial charge on any atom is -0.289 e. The number of carbonyl (C=O) groups excluding carboxylic acids is 2. The van der Waals surface area contributed by atoms with Crippen LogP contribution in [0.3, 0.4) is 0 Å². The maximum Gasteiger partial charge on any atom is 0.333 e. The lowest BCUT2D eigenvalue weighted by Gasteiger charge is -2.34. The monoisotopic (exact) mass is 414 g/mol. The zero-order valence-corrected chi connectivity index (χ0v) is 17.8. The minimum absolute atomic E-state index is 0.228. The summed E-state index contributed by atoms with van der Waals surface area (Å²) in [5.74, 6) is 0.519. The third-order valence-corrected chi connectivity index (χ3v) is 6.48. The van der Waals surface area contributed by atoms with Crippen molar-refractivity contribution in [2.24, 2.45) is 4.99 Å². The molecule has 0 aromatic heterocycles. The van der Waals surface area contributed by atoms with Gasteiger partial charge in [-0.3, -0.25) is 19.5 Å². The van der Waals surface area contributed by atoms with Crippen molar-refractivity contribution in [3.05, 3.63) is 35.6 Å². The molecule has 3 amide bonds. The van der Waals surface area contributed by atoms with Crippen molar-refractivity contribution in [2.75, 3.05) is 27.2 Å². The van der Waals surface area contributed by atoms with Crippen molar-refractivity contribution in [3.63, 3.8) is 0 Å². The quantitative estimate of drug-likeness (QED) is 0.695. The first-order valence-electron chi connectivity index (χ1n) is 10.7. The Bertz CT molecular complexity index is 928. The van der Waals surface area contributed by atoms with Crippen molar-refractivity contribution < 1.29 is 18.6 Å². The lowest BCUT2D eigenvalue weighted by atomic mass is 10.00. The Kier molecular flexibility index (Phi) is 5.69. The number of aliphatic imine (C=N–C) groups is 1. The third kappa shape index (κ3) is 3.53. The molecule has 160 valence electrons. The highest BCUT2D eigenvalue weighted by Gasteiger charge is 2.53. The molecule has 0 saturated carbocycles. The van der Waals surface area contributed by atoms with E-state index < -0.39 is 12.1 Å². The van der Waals surface area contributed by atoms with E-state index in [4.69, 9.17) is 4.99 Å². The highest BCUT2D eigenvalue weighted by Crippen LogP contribution is 2.24. The van der Waals surface area contributed by atoms with Gasteiger partial charge in [-0.2, -0.15) is 0 Å². The van der Waals surface area contributed by atoms with Crippen molar-refractivity contribution in [1.82, 2.24) is 14.7 Å². The van der Waals surface area contributed by atoms with E-state index in [1.54, 1.807) is 25.2 Å². The number of piperidine rings is 1. The van der Waals surface area contributed by atoms with Gasteiger partial charge in [0.05, 0.1) is 0 Å². The van der Waals surface area contributed by atoms with Crippen LogP contribution >= 0.6 is 0 Å². The van der Waals surface area contributed by atoms with Gasteiger partial charge >= 0.3 is 11.9 Å². The Morgan fingerprint density at radius 2 is 1.93 bits per heavy atom. The molecule has 2 saturated heterocycles. The Morgan fingerprint density at radius 1 is 1.17 bits per heavy atom. The number of hydrogen-bond donors (Lipinski definition) is 0. The summed E-state index contributed by atoms with van der Waals surface area (Å²) in [6, 6.07) is 5.96. The van der Waals surface area contributed by atoms with E-state index >= 15 is 0 Å². The molecule has 8 heteroatoms. The van der Waals surface area contributed by atoms with Gasteiger partial charge in [0.2, 0.25) is 0 Å². The smallest absolute Gasteiger partial charge is 0.289 e. The van der Waals surface area contributed by atoms with E-state index in [1.807, 2.05) is 4.58 Å². The molecule has 0 bridgehead atoms. The van der Waals surface area contributed by atoms with Crippen LogP contribution in [0.5, 0.6) is 0 Å². The number of hydrogen-bond acceptors (Lipinski definition) is 4. The number of nitrogens with zero attached hydrogens (tertiary/aromatic N) is 5. The molecule has 3 aliphatic rings. The molecule has 3 aliphatic heterocycles. The van der Waals surface area contributed by atoms with E-state index in [0.717, 1.165) is 36.5 Å². The fourth-order valence-electron chi connectivity index (χ4n) is 4.68. The molecule has 2 fully saturated rings. The van der Waals surface area contributed by atoms with E-state index in [-0.39, 0.29) is 18.3 Å². The highest BCUT2D eigenvalue weighted by molar-refractivity contribution is 6.23. The van der Waals surface area contributed by atoms with E-state index in [1.165, 1.54) is 24.4 Å². The van der Waals surface area contributed by atoms with Gasteiger partial charge in [-0.05, 0) is 36.9 Å². The maximum absolute atomic E-state index is 14.4. The number of halogens is 1. The fourth-order valence-corrected chi connectivity index (χ4v) is 4.68. The van der Waals surface area contributed by atoms with Crippen molar-refractivity contribution in [3.8, 4) is 0 Å². The van der Waals surface area contributed by atoms with Gasteiger partial charge in [-0.25, -0.2) is 13.8 Å². The highest BCUT2D eigenvalue weighted by atomic mass is 19.1. The normalized spacial score (nSPS) is 25.1. The summed E-state index contributed by atoms with van der Waals surface area (Å²) in [5, 5.41) is 0. The lowest BCUT2D eigenvalue weighted by molar-refractivity contribution is -0.552. The Balaban J connectivity index is 1.73. The first-order valence-corrected chi connectivity index (χ1v) is 10.7. The summed E-state index contributed by atoms with van der Waals surface area (Å²) < 4.78 is 16.3. The van der Waals surface area contributed by atoms with Gasteiger partial charge in [-0.15, -0.1) is 0 Å². The van der Waals surface area contributed by atoms with Crippen LogP contribution in [0.1, 0.15) is 38.2 Å². The average Bonchev–Trinajstić information content (AvgIpc) is 3.10. The largest absolute Gasteiger partial charge is 0.333 e. The number of imide groups is 1. The topological polar surface area (TPSA) is 59.2 Å². The molecule has 3 heterocycles. The molecule has 0 N–H and O–H groups in total. The number of likely N-dealkylation sites (tertiary alicyclic amines) is 1. The molecule has 0 radical (unpaired) electrons. The van der Waals surface area contributed by atoms with Crippen LogP contribution in [0, 0.1) is 5.82 Å². The number of urea groups is 1. The summed E-state index contributed by atoms with van der Waals surface area (Å²) >= 11 is 0. The summed E-state index contributed by atoms with van der Waals surface area (Å²) in [6.07, 6.45) is 4.57. The van der Waals surface area contributed by atoms with Gasteiger partial charge in [0.25, 0.3) is 17.8 Å². The van der Waals surface area contributed by atoms with Gasteiger partial charge in [0.1, 0.15) is 18.9 Å². The second-order valence-corrected chi connectivity index (χ2v) is 8.28. The van der Waals surface area contributed by atoms with Gasteiger partial charge in [-0.1, -0.05) is 31.5 Å². The van der Waals surface area contributed by atoms with Gasteiger partial charge in [0, 0.05) is 25.7 Å². The summed E-state index contributed by atoms with van der Waals surface area (Å²) in [4.78, 5) is 35.2. The van der Waals surface area contributed by atoms with Crippen LogP contribution in [0.4, 0.5) is 9.18 Å². The van der Waals surface area contributed by atoms with Crippen LogP contribution in [0.25, 0.3) is 0 Å². The second kappa shape index (κ2) is 8.26. The molecule has 7 nitrogen and oxygen atoms in total. The van der Waals surface area contributed by atoms with Crippen LogP contribution in [0.2, 0.25) is 0 Å². The van der Waals surface area contributed by atoms with E-state index in [2.05, 4.69) is 11.8 Å². The van der Waals surface area contributed by atoms with Crippen molar-refractivity contribution in [1.29, 1.82) is 0 Å². The number of amidine groups is 2. The number of carbonyl (C=O) groups is 2. The molecular formula is C22H29FN5O2+. The number of likely N-dealkylation sites (N-methyl/N-ethyl adjacent to an activating group) is 2. The molecule has 1 aromatic carbocycles. The Hall–Kier alpha value is -2.61. The molecule has 4 rings (SSSR count). The number of amides is 3. The Morgan fingerprint density at radius 3 is 2.67 bits per heavy atom.